The van der Waals surface area contributed by atoms with Crippen LogP contribution in [0.4, 0.5) is 11.4 Å². The second-order valence-corrected chi connectivity index (χ2v) is 5.29. The number of nitro groups is 1. The molecule has 1 saturated carbocycles. The zero-order valence-corrected chi connectivity index (χ0v) is 12.4. The Balaban J connectivity index is 1.80. The molecule has 1 aliphatic carbocycles. The number of nitro benzene ring substituents is 1. The molecule has 8 heteroatoms. The van der Waals surface area contributed by atoms with E-state index in [2.05, 4.69) is 10.3 Å². The largest absolute Gasteiger partial charge is 0.495 e. The molecule has 0 spiro atoms. The first-order chi connectivity index (χ1) is 11.1. The summed E-state index contributed by atoms with van der Waals surface area (Å²) in [5.41, 5.74) is 0.205. The van der Waals surface area contributed by atoms with Gasteiger partial charge in [0, 0.05) is 18.1 Å². The number of rotatable bonds is 5. The normalized spacial score (nSPS) is 14.1. The summed E-state index contributed by atoms with van der Waals surface area (Å²) in [6.45, 7) is 0. The summed E-state index contributed by atoms with van der Waals surface area (Å²) in [6.07, 6.45) is 4.47. The second kappa shape index (κ2) is 6.07. The van der Waals surface area contributed by atoms with E-state index in [4.69, 9.17) is 9.15 Å². The smallest absolute Gasteiger partial charge is 0.277 e. The van der Waals surface area contributed by atoms with E-state index in [9.17, 15) is 14.9 Å². The monoisotopic (exact) mass is 317 g/mol. The van der Waals surface area contributed by atoms with Crippen molar-refractivity contribution in [1.29, 1.82) is 0 Å². The maximum atomic E-state index is 12.2. The van der Waals surface area contributed by atoms with Crippen molar-refractivity contribution in [2.75, 3.05) is 12.4 Å². The van der Waals surface area contributed by atoms with Gasteiger partial charge >= 0.3 is 0 Å². The summed E-state index contributed by atoms with van der Waals surface area (Å²) in [6, 6.07) is 3.97. The van der Waals surface area contributed by atoms with Gasteiger partial charge in [0.15, 0.2) is 11.6 Å². The number of nitrogens with one attached hydrogen (secondary N) is 1. The van der Waals surface area contributed by atoms with Gasteiger partial charge in [-0.2, -0.15) is 0 Å². The van der Waals surface area contributed by atoms with Crippen molar-refractivity contribution in [3.8, 4) is 5.75 Å². The Morgan fingerprint density at radius 2 is 2.26 bits per heavy atom. The van der Waals surface area contributed by atoms with Crippen molar-refractivity contribution >= 4 is 17.3 Å². The van der Waals surface area contributed by atoms with Gasteiger partial charge in [-0.05, 0) is 18.9 Å². The van der Waals surface area contributed by atoms with Gasteiger partial charge in [-0.1, -0.05) is 6.42 Å². The molecule has 120 valence electrons. The molecule has 0 atom stereocenters. The van der Waals surface area contributed by atoms with Crippen LogP contribution >= 0.6 is 0 Å². The van der Waals surface area contributed by atoms with Crippen molar-refractivity contribution < 1.29 is 18.9 Å². The van der Waals surface area contributed by atoms with Gasteiger partial charge in [-0.3, -0.25) is 14.9 Å². The van der Waals surface area contributed by atoms with Gasteiger partial charge in [0.2, 0.25) is 0 Å². The van der Waals surface area contributed by atoms with E-state index in [1.165, 1.54) is 31.6 Å². The Hall–Kier alpha value is -2.90. The Kier molecular flexibility index (Phi) is 3.96. The first-order valence-electron chi connectivity index (χ1n) is 7.17. The number of non-ortho nitro benzene ring substituents is 1. The molecule has 1 N–H and O–H groups in total. The van der Waals surface area contributed by atoms with Crippen molar-refractivity contribution in [3.05, 3.63) is 46.2 Å². The van der Waals surface area contributed by atoms with E-state index in [-0.39, 0.29) is 23.0 Å². The summed E-state index contributed by atoms with van der Waals surface area (Å²) < 4.78 is 10.4. The molecule has 3 rings (SSSR count). The van der Waals surface area contributed by atoms with E-state index in [0.717, 1.165) is 19.3 Å². The fourth-order valence-electron chi connectivity index (χ4n) is 2.33. The van der Waals surface area contributed by atoms with Crippen molar-refractivity contribution in [2.45, 2.75) is 25.2 Å². The highest BCUT2D eigenvalue weighted by molar-refractivity contribution is 6.03. The quantitative estimate of drug-likeness (QED) is 0.670. The molecule has 8 nitrogen and oxygen atoms in total. The van der Waals surface area contributed by atoms with Gasteiger partial charge in [0.25, 0.3) is 11.6 Å². The lowest BCUT2D eigenvalue weighted by molar-refractivity contribution is -0.384. The van der Waals surface area contributed by atoms with E-state index in [1.807, 2.05) is 0 Å². The molecule has 1 aromatic carbocycles. The highest BCUT2D eigenvalue weighted by Gasteiger charge is 2.26. The van der Waals surface area contributed by atoms with E-state index >= 15 is 0 Å². The molecule has 1 aliphatic rings. The number of hydrogen-bond acceptors (Lipinski definition) is 6. The fraction of sp³-hybridized carbons (Fsp3) is 0.333. The van der Waals surface area contributed by atoms with Crippen LogP contribution in [0.2, 0.25) is 0 Å². The van der Waals surface area contributed by atoms with Crippen molar-refractivity contribution in [1.82, 2.24) is 4.98 Å². The van der Waals surface area contributed by atoms with E-state index < -0.39 is 10.8 Å². The Bertz CT molecular complexity index is 751. The van der Waals surface area contributed by atoms with Gasteiger partial charge in [-0.15, -0.1) is 0 Å². The number of methoxy groups -OCH3 is 1. The Morgan fingerprint density at radius 3 is 2.87 bits per heavy atom. The summed E-state index contributed by atoms with van der Waals surface area (Å²) in [5, 5.41) is 13.4. The predicted molar refractivity (Wildman–Crippen MR) is 80.7 cm³/mol. The van der Waals surface area contributed by atoms with Crippen molar-refractivity contribution in [3.63, 3.8) is 0 Å². The number of nitrogens with zero attached hydrogens (tertiary/aromatic N) is 2. The SMILES string of the molecule is COc1ccc([N+](=O)[O-])cc1NC(=O)c1coc(C2CCC2)n1. The number of hydrogen-bond donors (Lipinski definition) is 1. The number of anilines is 1. The lowest BCUT2D eigenvalue weighted by Gasteiger charge is -2.21. The van der Waals surface area contributed by atoms with Crippen LogP contribution < -0.4 is 10.1 Å². The number of oxazole rings is 1. The number of ether oxygens (including phenoxy) is 1. The standard InChI is InChI=1S/C15H15N3O5/c1-22-13-6-5-10(18(20)21)7-11(13)16-14(19)12-8-23-15(17-12)9-3-2-4-9/h5-9H,2-4H2,1H3,(H,16,19). The van der Waals surface area contributed by atoms with Crippen LogP contribution in [0.5, 0.6) is 5.75 Å². The minimum absolute atomic E-state index is 0.139. The van der Waals surface area contributed by atoms with Crippen LogP contribution in [0.1, 0.15) is 41.6 Å². The minimum Gasteiger partial charge on any atom is -0.495 e. The highest BCUT2D eigenvalue weighted by Crippen LogP contribution is 2.35. The molecule has 1 heterocycles. The molecule has 0 aliphatic heterocycles. The average molecular weight is 317 g/mol. The first kappa shape index (κ1) is 15.0. The average Bonchev–Trinajstić information content (AvgIpc) is 2.94. The van der Waals surface area contributed by atoms with Gasteiger partial charge in [-0.25, -0.2) is 4.98 Å². The zero-order chi connectivity index (χ0) is 16.4. The topological polar surface area (TPSA) is 108 Å². The van der Waals surface area contributed by atoms with Gasteiger partial charge < -0.3 is 14.5 Å². The maximum absolute atomic E-state index is 12.2. The fourth-order valence-corrected chi connectivity index (χ4v) is 2.33. The molecule has 2 aromatic rings. The molecule has 0 saturated heterocycles. The number of carbonyl (C=O) groups excluding carboxylic acids is 1. The number of benzene rings is 1. The van der Waals surface area contributed by atoms with Crippen LogP contribution in [0.15, 0.2) is 28.9 Å². The van der Waals surface area contributed by atoms with Gasteiger partial charge in [0.05, 0.1) is 17.7 Å². The molecule has 1 fully saturated rings. The summed E-state index contributed by atoms with van der Waals surface area (Å²) in [5.74, 6) is 0.668. The van der Waals surface area contributed by atoms with Crippen LogP contribution in [-0.2, 0) is 0 Å². The van der Waals surface area contributed by atoms with Crippen LogP contribution in [0, 0.1) is 10.1 Å². The zero-order valence-electron chi connectivity index (χ0n) is 12.4. The summed E-state index contributed by atoms with van der Waals surface area (Å²) >= 11 is 0. The van der Waals surface area contributed by atoms with E-state index in [1.54, 1.807) is 0 Å². The molecule has 0 unspecified atom stereocenters. The number of amides is 1. The first-order valence-corrected chi connectivity index (χ1v) is 7.17. The van der Waals surface area contributed by atoms with Crippen LogP contribution in [0.3, 0.4) is 0 Å². The lowest BCUT2D eigenvalue weighted by atomic mass is 9.85. The lowest BCUT2D eigenvalue weighted by Crippen LogP contribution is -2.14. The predicted octanol–water partition coefficient (Wildman–Crippen LogP) is 3.11. The molecule has 0 bridgehead atoms. The van der Waals surface area contributed by atoms with Crippen LogP contribution in [-0.4, -0.2) is 22.9 Å². The van der Waals surface area contributed by atoms with Crippen LogP contribution in [0.25, 0.3) is 0 Å². The summed E-state index contributed by atoms with van der Waals surface area (Å²) in [4.78, 5) is 26.7. The minimum atomic E-state index is -0.542. The maximum Gasteiger partial charge on any atom is 0.277 e. The molecule has 0 radical (unpaired) electrons. The van der Waals surface area contributed by atoms with E-state index in [0.29, 0.717) is 11.6 Å². The highest BCUT2D eigenvalue weighted by atomic mass is 16.6. The third-order valence-corrected chi connectivity index (χ3v) is 3.85. The molecule has 23 heavy (non-hydrogen) atoms. The van der Waals surface area contributed by atoms with Crippen molar-refractivity contribution in [2.24, 2.45) is 0 Å². The molecular weight excluding hydrogens is 302 g/mol. The third-order valence-electron chi connectivity index (χ3n) is 3.85. The number of aromatic nitrogens is 1. The molecule has 1 amide bonds. The van der Waals surface area contributed by atoms with Gasteiger partial charge in [0.1, 0.15) is 12.0 Å². The molecular formula is C15H15N3O5. The second-order valence-electron chi connectivity index (χ2n) is 5.29. The Labute approximate surface area is 131 Å². The summed E-state index contributed by atoms with van der Waals surface area (Å²) in [7, 11) is 1.42. The Morgan fingerprint density at radius 1 is 1.48 bits per heavy atom. The third kappa shape index (κ3) is 3.01. The number of carbonyl (C=O) groups is 1. The molecule has 1 aromatic heterocycles.